The van der Waals surface area contributed by atoms with Gasteiger partial charge in [-0.25, -0.2) is 0 Å². The first kappa shape index (κ1) is 13.0. The molecule has 2 heterocycles. The second kappa shape index (κ2) is 5.17. The monoisotopic (exact) mass is 330 g/mol. The molecule has 3 aromatic rings. The van der Waals surface area contributed by atoms with Gasteiger partial charge in [0.05, 0.1) is 10.0 Å². The molecule has 0 spiro atoms. The van der Waals surface area contributed by atoms with Crippen molar-refractivity contribution in [3.8, 4) is 0 Å². The number of hydrogen-bond donors (Lipinski definition) is 0. The van der Waals surface area contributed by atoms with Crippen LogP contribution in [-0.2, 0) is 0 Å². The maximum atomic E-state index is 5.99. The number of nitrogens with zero attached hydrogens (tertiary/aromatic N) is 4. The molecule has 2 aromatic heterocycles. The lowest BCUT2D eigenvalue weighted by atomic mass is 10.4. The van der Waals surface area contributed by atoms with E-state index in [0.29, 0.717) is 21.0 Å². The fourth-order valence-corrected chi connectivity index (χ4v) is 3.04. The summed E-state index contributed by atoms with van der Waals surface area (Å²) < 4.78 is 1.61. The van der Waals surface area contributed by atoms with Crippen LogP contribution in [0.2, 0.25) is 15.2 Å². The smallest absolute Gasteiger partial charge is 0.199 e. The predicted molar refractivity (Wildman–Crippen MR) is 76.4 cm³/mol. The Bertz CT molecular complexity index is 759. The second-order valence-electron chi connectivity index (χ2n) is 3.57. The summed E-state index contributed by atoms with van der Waals surface area (Å²) in [5.41, 5.74) is 0. The number of aromatic nitrogens is 4. The maximum Gasteiger partial charge on any atom is 0.254 e. The molecule has 0 bridgehead atoms. The predicted octanol–water partition coefficient (Wildman–Crippen LogP) is 4.24. The van der Waals surface area contributed by atoms with E-state index in [0.717, 1.165) is 9.92 Å². The van der Waals surface area contributed by atoms with Crippen molar-refractivity contribution in [2.75, 3.05) is 0 Å². The van der Waals surface area contributed by atoms with Crippen molar-refractivity contribution < 1.29 is 0 Å². The third kappa shape index (κ3) is 2.65. The summed E-state index contributed by atoms with van der Waals surface area (Å²) in [5.74, 6) is 0.454. The zero-order valence-corrected chi connectivity index (χ0v) is 12.3. The second-order valence-corrected chi connectivity index (χ2v) is 5.86. The van der Waals surface area contributed by atoms with Gasteiger partial charge >= 0.3 is 0 Å². The van der Waals surface area contributed by atoms with Crippen LogP contribution in [0.4, 0.5) is 0 Å². The molecule has 0 atom stereocenters. The molecule has 0 unspecified atom stereocenters. The number of fused-ring (bicyclic) bond motifs is 1. The largest absolute Gasteiger partial charge is 0.254 e. The average molecular weight is 332 g/mol. The Balaban J connectivity index is 2.04. The summed E-state index contributed by atoms with van der Waals surface area (Å²) in [6.45, 7) is 0. The highest BCUT2D eigenvalue weighted by Gasteiger charge is 2.09. The molecular formula is C11H5Cl3N4S. The van der Waals surface area contributed by atoms with Gasteiger partial charge in [0.1, 0.15) is 16.5 Å². The third-order valence-corrected chi connectivity index (χ3v) is 4.22. The highest BCUT2D eigenvalue weighted by molar-refractivity contribution is 7.99. The Kier molecular flexibility index (Phi) is 3.54. The fourth-order valence-electron chi connectivity index (χ4n) is 1.49. The zero-order valence-electron chi connectivity index (χ0n) is 9.22. The summed E-state index contributed by atoms with van der Waals surface area (Å²) in [4.78, 5) is 9.00. The van der Waals surface area contributed by atoms with Crippen LogP contribution in [-0.4, -0.2) is 19.6 Å². The Morgan fingerprint density at radius 1 is 1.05 bits per heavy atom. The van der Waals surface area contributed by atoms with E-state index in [1.807, 2.05) is 6.07 Å². The van der Waals surface area contributed by atoms with Gasteiger partial charge in [-0.2, -0.15) is 19.6 Å². The molecule has 0 saturated carbocycles. The highest BCUT2D eigenvalue weighted by atomic mass is 35.5. The molecule has 4 nitrogen and oxygen atoms in total. The molecular weight excluding hydrogens is 327 g/mol. The minimum absolute atomic E-state index is 0.364. The van der Waals surface area contributed by atoms with E-state index in [-0.39, 0.29) is 0 Å². The van der Waals surface area contributed by atoms with E-state index >= 15 is 0 Å². The SMILES string of the molecule is Clc1cc(Sc2ccc(Cl)c(Cl)c2)n2ncnc2n1. The van der Waals surface area contributed by atoms with Crippen molar-refractivity contribution in [1.29, 1.82) is 0 Å². The van der Waals surface area contributed by atoms with E-state index in [1.165, 1.54) is 18.1 Å². The highest BCUT2D eigenvalue weighted by Crippen LogP contribution is 2.33. The van der Waals surface area contributed by atoms with Gasteiger partial charge in [0.2, 0.25) is 0 Å². The van der Waals surface area contributed by atoms with E-state index < -0.39 is 0 Å². The maximum absolute atomic E-state index is 5.99. The van der Waals surface area contributed by atoms with Gasteiger partial charge in [-0.3, -0.25) is 0 Å². The van der Waals surface area contributed by atoms with Gasteiger partial charge in [-0.05, 0) is 18.2 Å². The van der Waals surface area contributed by atoms with Crippen LogP contribution < -0.4 is 0 Å². The van der Waals surface area contributed by atoms with Gasteiger partial charge in [-0.1, -0.05) is 46.6 Å². The van der Waals surface area contributed by atoms with Crippen molar-refractivity contribution in [2.24, 2.45) is 0 Å². The van der Waals surface area contributed by atoms with Crippen molar-refractivity contribution in [1.82, 2.24) is 19.6 Å². The third-order valence-electron chi connectivity index (χ3n) is 2.30. The number of benzene rings is 1. The normalized spacial score (nSPS) is 11.1. The van der Waals surface area contributed by atoms with Crippen LogP contribution in [0.25, 0.3) is 5.78 Å². The molecule has 0 saturated heterocycles. The summed E-state index contributed by atoms with van der Waals surface area (Å²) in [6.07, 6.45) is 1.43. The van der Waals surface area contributed by atoms with E-state index in [9.17, 15) is 0 Å². The first-order chi connectivity index (χ1) is 9.13. The fraction of sp³-hybridized carbons (Fsp3) is 0. The lowest BCUT2D eigenvalue weighted by Gasteiger charge is -2.05. The molecule has 0 N–H and O–H groups in total. The molecule has 0 aliphatic heterocycles. The summed E-state index contributed by atoms with van der Waals surface area (Å²) >= 11 is 19.3. The molecule has 0 aliphatic rings. The van der Waals surface area contributed by atoms with Crippen molar-refractivity contribution in [3.63, 3.8) is 0 Å². The van der Waals surface area contributed by atoms with Crippen LogP contribution in [0.1, 0.15) is 0 Å². The lowest BCUT2D eigenvalue weighted by Crippen LogP contribution is -1.95. The van der Waals surface area contributed by atoms with Crippen LogP contribution in [0.3, 0.4) is 0 Å². The van der Waals surface area contributed by atoms with Gasteiger partial charge < -0.3 is 0 Å². The van der Waals surface area contributed by atoms with E-state index in [2.05, 4.69) is 15.1 Å². The van der Waals surface area contributed by atoms with Crippen molar-refractivity contribution in [3.05, 3.63) is 45.8 Å². The van der Waals surface area contributed by atoms with Gasteiger partial charge in [0.25, 0.3) is 5.78 Å². The molecule has 96 valence electrons. The summed E-state index contributed by atoms with van der Waals surface area (Å²) in [5, 5.41) is 6.28. The first-order valence-corrected chi connectivity index (χ1v) is 7.08. The van der Waals surface area contributed by atoms with Gasteiger partial charge in [-0.15, -0.1) is 0 Å². The van der Waals surface area contributed by atoms with Gasteiger partial charge in [0, 0.05) is 11.0 Å². The molecule has 3 rings (SSSR count). The van der Waals surface area contributed by atoms with Crippen molar-refractivity contribution in [2.45, 2.75) is 9.92 Å². The average Bonchev–Trinajstić information content (AvgIpc) is 2.82. The van der Waals surface area contributed by atoms with E-state index in [4.69, 9.17) is 34.8 Å². The quantitative estimate of drug-likeness (QED) is 0.659. The molecule has 1 aromatic carbocycles. The lowest BCUT2D eigenvalue weighted by molar-refractivity contribution is 0.842. The summed E-state index contributed by atoms with van der Waals surface area (Å²) in [6, 6.07) is 7.12. The first-order valence-electron chi connectivity index (χ1n) is 5.13. The Morgan fingerprint density at radius 2 is 1.89 bits per heavy atom. The number of halogens is 3. The minimum Gasteiger partial charge on any atom is -0.199 e. The van der Waals surface area contributed by atoms with Crippen LogP contribution in [0.5, 0.6) is 0 Å². The zero-order chi connectivity index (χ0) is 13.4. The van der Waals surface area contributed by atoms with E-state index in [1.54, 1.807) is 22.7 Å². The Labute approximate surface area is 127 Å². The van der Waals surface area contributed by atoms with Crippen LogP contribution in [0, 0.1) is 0 Å². The topological polar surface area (TPSA) is 43.1 Å². The molecule has 0 aliphatic carbocycles. The van der Waals surface area contributed by atoms with Crippen LogP contribution in [0.15, 0.2) is 40.5 Å². The van der Waals surface area contributed by atoms with Crippen LogP contribution >= 0.6 is 46.6 Å². The summed E-state index contributed by atoms with van der Waals surface area (Å²) in [7, 11) is 0. The number of hydrogen-bond acceptors (Lipinski definition) is 4. The Hall–Kier alpha value is -1.01. The molecule has 8 heteroatoms. The molecule has 0 fully saturated rings. The minimum atomic E-state index is 0.364. The van der Waals surface area contributed by atoms with Crippen molar-refractivity contribution >= 4 is 52.3 Å². The standard InChI is InChI=1S/C11H5Cl3N4S/c12-7-2-1-6(3-8(7)13)19-10-4-9(14)17-11-15-5-16-18(10)11/h1-5H. The Morgan fingerprint density at radius 3 is 2.68 bits per heavy atom. The van der Waals surface area contributed by atoms with Gasteiger partial charge in [0.15, 0.2) is 0 Å². The molecule has 0 amide bonds. The molecule has 19 heavy (non-hydrogen) atoms. The number of rotatable bonds is 2. The molecule has 0 radical (unpaired) electrons.